The van der Waals surface area contributed by atoms with Crippen molar-refractivity contribution in [3.05, 3.63) is 23.4 Å². The zero-order valence-corrected chi connectivity index (χ0v) is 14.4. The number of rotatable bonds is 4. The van der Waals surface area contributed by atoms with Crippen molar-refractivity contribution in [3.63, 3.8) is 0 Å². The number of carbonyl (C=O) groups is 1. The van der Waals surface area contributed by atoms with Gasteiger partial charge in [-0.2, -0.15) is 5.10 Å². The number of nitrogens with zero attached hydrogens (tertiary/aromatic N) is 6. The molecule has 128 valence electrons. The lowest BCUT2D eigenvalue weighted by Crippen LogP contribution is -2.48. The monoisotopic (exact) mass is 329 g/mol. The molecule has 2 aromatic rings. The lowest BCUT2D eigenvalue weighted by atomic mass is 10.2. The predicted molar refractivity (Wildman–Crippen MR) is 88.5 cm³/mol. The van der Waals surface area contributed by atoms with Gasteiger partial charge in [0.15, 0.2) is 5.82 Å². The van der Waals surface area contributed by atoms with E-state index in [1.54, 1.807) is 0 Å². The number of likely N-dealkylation sites (N-methyl/N-ethyl adjacent to an activating group) is 1. The Morgan fingerprint density at radius 1 is 1.38 bits per heavy atom. The minimum absolute atomic E-state index is 0.0284. The van der Waals surface area contributed by atoms with Gasteiger partial charge >= 0.3 is 0 Å². The van der Waals surface area contributed by atoms with Gasteiger partial charge in [0.1, 0.15) is 17.7 Å². The van der Waals surface area contributed by atoms with Crippen LogP contribution in [0, 0.1) is 6.92 Å². The maximum Gasteiger partial charge on any atom is 0.244 e. The van der Waals surface area contributed by atoms with Crippen molar-refractivity contribution in [1.29, 1.82) is 0 Å². The average molecular weight is 329 g/mol. The summed E-state index contributed by atoms with van der Waals surface area (Å²) in [5.41, 5.74) is 1.24. The zero-order valence-electron chi connectivity index (χ0n) is 14.4. The van der Waals surface area contributed by atoms with E-state index in [-0.39, 0.29) is 11.9 Å². The van der Waals surface area contributed by atoms with E-state index < -0.39 is 0 Å². The molecule has 0 radical (unpaired) electrons. The topological polar surface area (TPSA) is 80.9 Å². The zero-order chi connectivity index (χ0) is 16.8. The molecule has 2 aromatic heterocycles. The van der Waals surface area contributed by atoms with E-state index in [0.29, 0.717) is 24.8 Å². The van der Waals surface area contributed by atoms with Gasteiger partial charge in [-0.05, 0) is 33.7 Å². The highest BCUT2D eigenvalue weighted by Crippen LogP contribution is 2.40. The molecule has 0 spiro atoms. The van der Waals surface area contributed by atoms with E-state index in [0.717, 1.165) is 18.2 Å². The smallest absolute Gasteiger partial charge is 0.244 e. The van der Waals surface area contributed by atoms with Crippen LogP contribution in [0.5, 0.6) is 0 Å². The minimum Gasteiger partial charge on any atom is -0.312 e. The lowest BCUT2D eigenvalue weighted by molar-refractivity contribution is -0.122. The van der Waals surface area contributed by atoms with Crippen molar-refractivity contribution in [3.8, 4) is 0 Å². The summed E-state index contributed by atoms with van der Waals surface area (Å²) in [7, 11) is 1.94. The largest absolute Gasteiger partial charge is 0.312 e. The summed E-state index contributed by atoms with van der Waals surface area (Å²) in [5.74, 6) is 3.00. The molecule has 1 N–H and O–H groups in total. The number of aryl methyl sites for hydroxylation is 2. The Bertz CT molecular complexity index is 773. The molecule has 1 unspecified atom stereocenters. The van der Waals surface area contributed by atoms with E-state index in [9.17, 15) is 4.79 Å². The highest BCUT2D eigenvalue weighted by molar-refractivity contribution is 5.94. The van der Waals surface area contributed by atoms with E-state index in [1.165, 1.54) is 18.5 Å². The Labute approximate surface area is 140 Å². The molecule has 1 amide bonds. The number of carbonyl (C=O) groups excluding carboxylic acids is 1. The summed E-state index contributed by atoms with van der Waals surface area (Å²) in [6.07, 6.45) is 2.44. The van der Waals surface area contributed by atoms with Crippen molar-refractivity contribution in [2.45, 2.75) is 58.3 Å². The van der Waals surface area contributed by atoms with Gasteiger partial charge in [0, 0.05) is 24.2 Å². The fourth-order valence-electron chi connectivity index (χ4n) is 3.37. The third-order valence-electron chi connectivity index (χ3n) is 4.95. The third kappa shape index (κ3) is 2.60. The standard InChI is InChI=1S/C16H23N7O/c1-4-23-12(11-5-6-11)7-14(20-23)17-16(24)13-8-22-10(2)18-19-15(22)9-21(13)3/h7,11,13H,4-6,8-9H2,1-3H3,(H,17,20,24). The van der Waals surface area contributed by atoms with Gasteiger partial charge in [-0.15, -0.1) is 10.2 Å². The number of hydrogen-bond donors (Lipinski definition) is 1. The summed E-state index contributed by atoms with van der Waals surface area (Å²) in [6, 6.07) is 1.78. The second-order valence-electron chi connectivity index (χ2n) is 6.74. The van der Waals surface area contributed by atoms with E-state index in [1.807, 2.05) is 34.2 Å². The van der Waals surface area contributed by atoms with Crippen molar-refractivity contribution in [1.82, 2.24) is 29.4 Å². The number of aromatic nitrogens is 5. The van der Waals surface area contributed by atoms with Gasteiger partial charge in [0.2, 0.25) is 5.91 Å². The van der Waals surface area contributed by atoms with Gasteiger partial charge < -0.3 is 9.88 Å². The van der Waals surface area contributed by atoms with Gasteiger partial charge in [0.25, 0.3) is 0 Å². The van der Waals surface area contributed by atoms with Gasteiger partial charge in [0.05, 0.1) is 13.1 Å². The molecule has 24 heavy (non-hydrogen) atoms. The predicted octanol–water partition coefficient (Wildman–Crippen LogP) is 1.13. The maximum atomic E-state index is 12.8. The number of fused-ring (bicyclic) bond motifs is 1. The first-order valence-corrected chi connectivity index (χ1v) is 8.54. The third-order valence-corrected chi connectivity index (χ3v) is 4.95. The molecule has 0 bridgehead atoms. The van der Waals surface area contributed by atoms with Crippen LogP contribution in [0.4, 0.5) is 5.82 Å². The molecule has 4 rings (SSSR count). The first kappa shape index (κ1) is 15.3. The Kier molecular flexibility index (Phi) is 3.64. The first-order valence-electron chi connectivity index (χ1n) is 8.54. The van der Waals surface area contributed by atoms with E-state index >= 15 is 0 Å². The molecule has 0 saturated heterocycles. The molecule has 0 aromatic carbocycles. The van der Waals surface area contributed by atoms with Crippen LogP contribution >= 0.6 is 0 Å². The van der Waals surface area contributed by atoms with Crippen LogP contribution in [-0.4, -0.2) is 48.4 Å². The molecule has 1 aliphatic carbocycles. The van der Waals surface area contributed by atoms with Gasteiger partial charge in [-0.25, -0.2) is 0 Å². The summed E-state index contributed by atoms with van der Waals surface area (Å²) in [5, 5.41) is 15.8. The van der Waals surface area contributed by atoms with Crippen molar-refractivity contribution in [2.24, 2.45) is 0 Å². The second kappa shape index (κ2) is 5.70. The first-order chi connectivity index (χ1) is 11.6. The molecule has 1 saturated carbocycles. The van der Waals surface area contributed by atoms with Crippen molar-refractivity contribution < 1.29 is 4.79 Å². The molecule has 3 heterocycles. The fourth-order valence-corrected chi connectivity index (χ4v) is 3.37. The number of hydrogen-bond acceptors (Lipinski definition) is 5. The summed E-state index contributed by atoms with van der Waals surface area (Å²) in [6.45, 7) is 6.02. The Hall–Kier alpha value is -2.22. The molecule has 1 aliphatic heterocycles. The number of nitrogens with one attached hydrogen (secondary N) is 1. The van der Waals surface area contributed by atoms with Crippen LogP contribution in [0.15, 0.2) is 6.07 Å². The lowest BCUT2D eigenvalue weighted by Gasteiger charge is -2.31. The summed E-state index contributed by atoms with van der Waals surface area (Å²) >= 11 is 0. The SMILES string of the molecule is CCn1nc(NC(=O)C2Cn3c(C)nnc3CN2C)cc1C1CC1. The van der Waals surface area contributed by atoms with Gasteiger partial charge in [-0.1, -0.05) is 0 Å². The summed E-state index contributed by atoms with van der Waals surface area (Å²) in [4.78, 5) is 14.8. The highest BCUT2D eigenvalue weighted by atomic mass is 16.2. The number of amides is 1. The Morgan fingerprint density at radius 3 is 2.88 bits per heavy atom. The summed E-state index contributed by atoms with van der Waals surface area (Å²) < 4.78 is 4.02. The minimum atomic E-state index is -0.247. The Balaban J connectivity index is 1.51. The molecule has 2 aliphatic rings. The van der Waals surface area contributed by atoms with E-state index in [4.69, 9.17) is 0 Å². The maximum absolute atomic E-state index is 12.8. The van der Waals surface area contributed by atoms with Crippen LogP contribution in [-0.2, 0) is 24.4 Å². The van der Waals surface area contributed by atoms with Crippen LogP contribution in [0.2, 0.25) is 0 Å². The molecular formula is C16H23N7O. The molecular weight excluding hydrogens is 306 g/mol. The quantitative estimate of drug-likeness (QED) is 0.909. The second-order valence-corrected chi connectivity index (χ2v) is 6.74. The van der Waals surface area contributed by atoms with Crippen LogP contribution in [0.1, 0.15) is 43.0 Å². The van der Waals surface area contributed by atoms with Crippen molar-refractivity contribution >= 4 is 11.7 Å². The number of anilines is 1. The molecule has 8 nitrogen and oxygen atoms in total. The normalized spacial score (nSPS) is 20.9. The molecule has 1 fully saturated rings. The van der Waals surface area contributed by atoms with Crippen LogP contribution in [0.25, 0.3) is 0 Å². The average Bonchev–Trinajstić information content (AvgIpc) is 3.24. The molecule has 8 heteroatoms. The molecule has 1 atom stereocenters. The fraction of sp³-hybridized carbons (Fsp3) is 0.625. The van der Waals surface area contributed by atoms with Crippen LogP contribution in [0.3, 0.4) is 0 Å². The van der Waals surface area contributed by atoms with Crippen molar-refractivity contribution in [2.75, 3.05) is 12.4 Å². The highest BCUT2D eigenvalue weighted by Gasteiger charge is 2.32. The van der Waals surface area contributed by atoms with Crippen LogP contribution < -0.4 is 5.32 Å². The van der Waals surface area contributed by atoms with E-state index in [2.05, 4.69) is 27.5 Å². The Morgan fingerprint density at radius 2 is 2.17 bits per heavy atom. The van der Waals surface area contributed by atoms with Gasteiger partial charge in [-0.3, -0.25) is 14.4 Å².